The van der Waals surface area contributed by atoms with Gasteiger partial charge in [0.25, 0.3) is 5.91 Å². The summed E-state index contributed by atoms with van der Waals surface area (Å²) in [6.07, 6.45) is 4.28. The summed E-state index contributed by atoms with van der Waals surface area (Å²) in [4.78, 5) is 11.7. The molecule has 0 aromatic heterocycles. The standard InChI is InChI=1S/C14H16ClNO4/c1-4-5-16-14(18)9(2)20-13-11(15)6-10(8-17)7-12(13)19-3/h1,6-7,9,17H,5,8H2,2-3H3,(H,16,18). The Bertz CT molecular complexity index is 525. The first kappa shape index (κ1) is 16.2. The SMILES string of the molecule is C#CCNC(=O)C(C)Oc1c(Cl)cc(CO)cc1OC. The lowest BCUT2D eigenvalue weighted by Crippen LogP contribution is -2.36. The van der Waals surface area contributed by atoms with Gasteiger partial charge < -0.3 is 19.9 Å². The van der Waals surface area contributed by atoms with Crippen LogP contribution in [0.5, 0.6) is 11.5 Å². The molecular weight excluding hydrogens is 282 g/mol. The van der Waals surface area contributed by atoms with Crippen molar-refractivity contribution in [3.8, 4) is 23.8 Å². The van der Waals surface area contributed by atoms with Crippen LogP contribution >= 0.6 is 11.6 Å². The molecule has 0 spiro atoms. The zero-order valence-electron chi connectivity index (χ0n) is 11.3. The Morgan fingerprint density at radius 2 is 2.30 bits per heavy atom. The van der Waals surface area contributed by atoms with Crippen molar-refractivity contribution in [1.82, 2.24) is 5.32 Å². The summed E-state index contributed by atoms with van der Waals surface area (Å²) >= 11 is 6.07. The summed E-state index contributed by atoms with van der Waals surface area (Å²) in [5.74, 6) is 2.54. The molecule has 0 heterocycles. The Balaban J connectivity index is 2.91. The number of hydrogen-bond acceptors (Lipinski definition) is 4. The lowest BCUT2D eigenvalue weighted by Gasteiger charge is -2.18. The molecule has 20 heavy (non-hydrogen) atoms. The van der Waals surface area contributed by atoms with Crippen LogP contribution < -0.4 is 14.8 Å². The van der Waals surface area contributed by atoms with Crippen molar-refractivity contribution in [2.24, 2.45) is 0 Å². The summed E-state index contributed by atoms with van der Waals surface area (Å²) in [7, 11) is 1.45. The Morgan fingerprint density at radius 1 is 1.60 bits per heavy atom. The van der Waals surface area contributed by atoms with Crippen molar-refractivity contribution >= 4 is 17.5 Å². The van der Waals surface area contributed by atoms with Crippen molar-refractivity contribution in [1.29, 1.82) is 0 Å². The number of amides is 1. The molecule has 0 aliphatic heterocycles. The number of carbonyl (C=O) groups excluding carboxylic acids is 1. The third-order valence-corrected chi connectivity index (χ3v) is 2.78. The first-order chi connectivity index (χ1) is 9.53. The number of terminal acetylenes is 1. The molecule has 0 saturated heterocycles. The quantitative estimate of drug-likeness (QED) is 0.778. The van der Waals surface area contributed by atoms with Gasteiger partial charge in [-0.15, -0.1) is 6.42 Å². The molecule has 5 nitrogen and oxygen atoms in total. The van der Waals surface area contributed by atoms with Gasteiger partial charge in [0.05, 0.1) is 25.3 Å². The normalized spacial score (nSPS) is 11.3. The molecule has 1 rings (SSSR count). The summed E-state index contributed by atoms with van der Waals surface area (Å²) in [5.41, 5.74) is 0.587. The molecule has 1 atom stereocenters. The highest BCUT2D eigenvalue weighted by atomic mass is 35.5. The number of aliphatic hydroxyl groups excluding tert-OH is 1. The molecule has 1 amide bonds. The van der Waals surface area contributed by atoms with Crippen LogP contribution in [0.3, 0.4) is 0 Å². The largest absolute Gasteiger partial charge is 0.493 e. The van der Waals surface area contributed by atoms with E-state index >= 15 is 0 Å². The number of rotatable bonds is 6. The van der Waals surface area contributed by atoms with E-state index in [0.717, 1.165) is 0 Å². The van der Waals surface area contributed by atoms with Gasteiger partial charge in [-0.05, 0) is 24.6 Å². The maximum atomic E-state index is 11.7. The molecule has 1 aromatic carbocycles. The number of benzene rings is 1. The van der Waals surface area contributed by atoms with Crippen molar-refractivity contribution in [2.75, 3.05) is 13.7 Å². The topological polar surface area (TPSA) is 67.8 Å². The molecule has 0 aliphatic rings. The number of carbonyl (C=O) groups is 1. The van der Waals surface area contributed by atoms with Gasteiger partial charge in [-0.25, -0.2) is 0 Å². The van der Waals surface area contributed by atoms with Crippen molar-refractivity contribution < 1.29 is 19.4 Å². The number of methoxy groups -OCH3 is 1. The van der Waals surface area contributed by atoms with Crippen LogP contribution in [-0.2, 0) is 11.4 Å². The minimum atomic E-state index is -0.783. The fourth-order valence-corrected chi connectivity index (χ4v) is 1.77. The van der Waals surface area contributed by atoms with Crippen LogP contribution in [0.15, 0.2) is 12.1 Å². The average molecular weight is 298 g/mol. The maximum absolute atomic E-state index is 11.7. The van der Waals surface area contributed by atoms with E-state index < -0.39 is 6.10 Å². The van der Waals surface area contributed by atoms with Crippen LogP contribution in [-0.4, -0.2) is 30.8 Å². The van der Waals surface area contributed by atoms with Gasteiger partial charge in [-0.1, -0.05) is 17.5 Å². The first-order valence-electron chi connectivity index (χ1n) is 5.88. The lowest BCUT2D eigenvalue weighted by atomic mass is 10.2. The van der Waals surface area contributed by atoms with Crippen LogP contribution in [0.4, 0.5) is 0 Å². The van der Waals surface area contributed by atoms with E-state index in [2.05, 4.69) is 11.2 Å². The number of nitrogens with one attached hydrogen (secondary N) is 1. The number of halogens is 1. The van der Waals surface area contributed by atoms with E-state index in [1.54, 1.807) is 19.1 Å². The fourth-order valence-electron chi connectivity index (χ4n) is 1.49. The third kappa shape index (κ3) is 4.05. The van der Waals surface area contributed by atoms with E-state index in [9.17, 15) is 4.79 Å². The van der Waals surface area contributed by atoms with Gasteiger partial charge in [0, 0.05) is 0 Å². The van der Waals surface area contributed by atoms with Crippen LogP contribution in [0, 0.1) is 12.3 Å². The van der Waals surface area contributed by atoms with Gasteiger partial charge in [0.15, 0.2) is 17.6 Å². The Kier molecular flexibility index (Phi) is 6.16. The second-order valence-corrected chi connectivity index (χ2v) is 4.36. The predicted octanol–water partition coefficient (Wildman–Crippen LogP) is 1.36. The molecule has 108 valence electrons. The van der Waals surface area contributed by atoms with E-state index in [0.29, 0.717) is 11.3 Å². The smallest absolute Gasteiger partial charge is 0.261 e. The van der Waals surface area contributed by atoms with Crippen molar-refractivity contribution in [2.45, 2.75) is 19.6 Å². The highest BCUT2D eigenvalue weighted by Gasteiger charge is 2.19. The van der Waals surface area contributed by atoms with Crippen LogP contribution in [0.1, 0.15) is 12.5 Å². The monoisotopic (exact) mass is 297 g/mol. The molecule has 0 saturated carbocycles. The summed E-state index contributed by atoms with van der Waals surface area (Å²) in [6, 6.07) is 3.14. The molecule has 0 aliphatic carbocycles. The van der Waals surface area contributed by atoms with Gasteiger partial charge in [-0.3, -0.25) is 4.79 Å². The number of hydrogen-bond donors (Lipinski definition) is 2. The Labute approximate surface area is 122 Å². The average Bonchev–Trinajstić information content (AvgIpc) is 2.46. The van der Waals surface area contributed by atoms with E-state index in [4.69, 9.17) is 32.6 Å². The van der Waals surface area contributed by atoms with Crippen molar-refractivity contribution in [3.05, 3.63) is 22.7 Å². The zero-order chi connectivity index (χ0) is 15.1. The maximum Gasteiger partial charge on any atom is 0.261 e. The number of aliphatic hydroxyl groups is 1. The molecule has 1 unspecified atom stereocenters. The summed E-state index contributed by atoms with van der Waals surface area (Å²) in [6.45, 7) is 1.52. The highest BCUT2D eigenvalue weighted by Crippen LogP contribution is 2.37. The van der Waals surface area contributed by atoms with Gasteiger partial charge >= 0.3 is 0 Å². The van der Waals surface area contributed by atoms with Crippen molar-refractivity contribution in [3.63, 3.8) is 0 Å². The van der Waals surface area contributed by atoms with E-state index in [-0.39, 0.29) is 29.8 Å². The lowest BCUT2D eigenvalue weighted by molar-refractivity contribution is -0.127. The van der Waals surface area contributed by atoms with Crippen LogP contribution in [0.25, 0.3) is 0 Å². The van der Waals surface area contributed by atoms with Gasteiger partial charge in [0.1, 0.15) is 0 Å². The minimum Gasteiger partial charge on any atom is -0.493 e. The molecular formula is C14H16ClNO4. The molecule has 0 bridgehead atoms. The molecule has 6 heteroatoms. The molecule has 0 fully saturated rings. The Hall–Kier alpha value is -1.90. The van der Waals surface area contributed by atoms with Gasteiger partial charge in [0.2, 0.25) is 0 Å². The second kappa shape index (κ2) is 7.63. The number of ether oxygens (including phenoxy) is 2. The van der Waals surface area contributed by atoms with Crippen LogP contribution in [0.2, 0.25) is 5.02 Å². The highest BCUT2D eigenvalue weighted by molar-refractivity contribution is 6.32. The second-order valence-electron chi connectivity index (χ2n) is 3.95. The predicted molar refractivity (Wildman–Crippen MR) is 75.9 cm³/mol. The van der Waals surface area contributed by atoms with E-state index in [1.807, 2.05) is 0 Å². The molecule has 2 N–H and O–H groups in total. The summed E-state index contributed by atoms with van der Waals surface area (Å²) < 4.78 is 10.7. The zero-order valence-corrected chi connectivity index (χ0v) is 12.0. The third-order valence-electron chi connectivity index (χ3n) is 2.50. The first-order valence-corrected chi connectivity index (χ1v) is 6.26. The Morgan fingerprint density at radius 3 is 2.85 bits per heavy atom. The molecule has 0 radical (unpaired) electrons. The summed E-state index contributed by atoms with van der Waals surface area (Å²) in [5, 5.41) is 11.9. The van der Waals surface area contributed by atoms with E-state index in [1.165, 1.54) is 7.11 Å². The molecule has 1 aromatic rings. The fraction of sp³-hybridized carbons (Fsp3) is 0.357. The van der Waals surface area contributed by atoms with Gasteiger partial charge in [-0.2, -0.15) is 0 Å². The minimum absolute atomic E-state index is 0.126.